The van der Waals surface area contributed by atoms with E-state index in [1.807, 2.05) is 20.8 Å². The molecule has 6 aromatic carbocycles. The van der Waals surface area contributed by atoms with Gasteiger partial charge in [-0.1, -0.05) is 18.2 Å². The summed E-state index contributed by atoms with van der Waals surface area (Å²) in [5.74, 6) is -7.77. The van der Waals surface area contributed by atoms with Gasteiger partial charge in [0, 0.05) is 78.4 Å². The number of esters is 3. The van der Waals surface area contributed by atoms with Gasteiger partial charge in [0.1, 0.15) is 69.0 Å². The van der Waals surface area contributed by atoms with Crippen LogP contribution in [0.3, 0.4) is 0 Å². The molecule has 29 heteroatoms. The Morgan fingerprint density at radius 3 is 1.08 bits per heavy atom. The highest BCUT2D eigenvalue weighted by molar-refractivity contribution is 7.88. The molecule has 6 aromatic rings. The normalized spacial score (nSPS) is 18.7. The predicted octanol–water partition coefficient (Wildman–Crippen LogP) is 17.9. The topological polar surface area (TPSA) is 191 Å². The monoisotopic (exact) mass is 1570 g/mol. The number of aromatic hydroxyl groups is 1. The summed E-state index contributed by atoms with van der Waals surface area (Å²) in [5, 5.41) is 12.9. The van der Waals surface area contributed by atoms with Crippen molar-refractivity contribution in [2.24, 2.45) is 0 Å². The van der Waals surface area contributed by atoms with Crippen molar-refractivity contribution in [1.29, 1.82) is 0 Å². The van der Waals surface area contributed by atoms with E-state index in [0.717, 1.165) is 90.6 Å². The Morgan fingerprint density at radius 1 is 0.482 bits per heavy atom. The number of carbonyl (C=O) groups is 4. The first kappa shape index (κ1) is 88.0. The summed E-state index contributed by atoms with van der Waals surface area (Å²) < 4.78 is 223. The van der Waals surface area contributed by atoms with Crippen molar-refractivity contribution in [2.45, 2.75) is 187 Å². The fourth-order valence-electron chi connectivity index (χ4n) is 13.8. The molecule has 0 radical (unpaired) electrons. The molecule has 0 fully saturated rings. The third-order valence-electron chi connectivity index (χ3n) is 18.7. The molecule has 110 heavy (non-hydrogen) atoms. The lowest BCUT2D eigenvalue weighted by Crippen LogP contribution is -2.48. The number of phenols is 1. The van der Waals surface area contributed by atoms with E-state index in [-0.39, 0.29) is 82.8 Å². The first-order valence-electron chi connectivity index (χ1n) is 34.9. The molecule has 3 heterocycles. The highest BCUT2D eigenvalue weighted by atomic mass is 32.2. The van der Waals surface area contributed by atoms with Crippen molar-refractivity contribution in [2.75, 3.05) is 46.3 Å². The van der Waals surface area contributed by atoms with Crippen LogP contribution in [0.5, 0.6) is 11.5 Å². The zero-order chi connectivity index (χ0) is 82.6. The number of nitrogens with zero attached hydrogens (tertiary/aromatic N) is 3. The SMILES string of the molecule is COC(=O)/C=C/c1cc(F)c(C2c3ccc(NC(=O)OC(C)(C)C)c(C)c3CC(C)N2CC(C)(C)F)c(F)c1.COC(=O)/C=C/c1cc(F)c(C2c3ccc(O)c(C)c3CC(C)N2CC(C)(C)F)c(F)c1.COC(=O)/C=C/c1cc(F)c(C2c3ccc(OS(=O)(=O)C(F)(F)F)c(C)c3CC(C)N2CC(C)(C)F)c(F)c1. The van der Waals surface area contributed by atoms with Gasteiger partial charge in [-0.25, -0.2) is 58.7 Å². The molecule has 0 aliphatic carbocycles. The van der Waals surface area contributed by atoms with Gasteiger partial charge in [0.05, 0.1) is 39.5 Å². The molecule has 6 atom stereocenters. The largest absolute Gasteiger partial charge is 0.534 e. The standard InChI is InChI=1S/C30H37F3N2O4.C26H27F6NO5S.C25H28F3NO3/c1-17-13-21-18(2)24(34-28(37)39-29(3,4)5)11-10-20(21)27(35(17)16-30(6,7)33)26-22(31)14-19(15-23(26)32)9-12-25(36)38-8;1-14-10-18-15(2)21(38-39(35,36)26(30,31)32)8-7-17(18)24(33(14)13-25(3,4)29)23-19(27)11-16(12-20(23)28)6-9-22(34)37-5;1-14-10-18-15(2)21(30)8-7-17(18)24(29(14)13-25(3,4)28)23-19(26)11-16(12-20(23)27)6-9-22(31)32-5/h9-12,14-15,17,27H,13,16H2,1-8H3,(H,34,37);6-9,11-12,14,24H,10,13H2,1-5H3;6-9,11-12,14,24,30H,10,13H2,1-5H3/b12-9+;2*9-6+. The lowest BCUT2D eigenvalue weighted by Gasteiger charge is -2.44. The first-order chi connectivity index (χ1) is 50.8. The van der Waals surface area contributed by atoms with Crippen molar-refractivity contribution < 1.29 is 109 Å². The molecule has 2 N–H and O–H groups in total. The minimum Gasteiger partial charge on any atom is -0.508 e. The van der Waals surface area contributed by atoms with Gasteiger partial charge in [-0.15, -0.1) is 0 Å². The zero-order valence-electron chi connectivity index (χ0n) is 64.3. The highest BCUT2D eigenvalue weighted by Gasteiger charge is 2.50. The third-order valence-corrected chi connectivity index (χ3v) is 19.6. The van der Waals surface area contributed by atoms with Crippen LogP contribution in [0, 0.1) is 55.7 Å². The van der Waals surface area contributed by atoms with Gasteiger partial charge in [0.2, 0.25) is 0 Å². The summed E-state index contributed by atoms with van der Waals surface area (Å²) in [5.41, 5.74) is -6.46. The van der Waals surface area contributed by atoms with Crippen LogP contribution in [-0.2, 0) is 62.7 Å². The Labute approximate surface area is 633 Å². The maximum absolute atomic E-state index is 15.7. The summed E-state index contributed by atoms with van der Waals surface area (Å²) in [6, 6.07) is 11.2. The molecule has 3 aliphatic heterocycles. The number of halogens is 12. The molecular formula is C81H92F12N4O12S. The minimum atomic E-state index is -5.97. The number of hydrogen-bond donors (Lipinski definition) is 2. The highest BCUT2D eigenvalue weighted by Crippen LogP contribution is 2.48. The number of phenolic OH excluding ortho intramolecular Hbond substituents is 1. The molecule has 16 nitrogen and oxygen atoms in total. The number of benzene rings is 6. The van der Waals surface area contributed by atoms with Crippen LogP contribution in [-0.4, -0.2) is 139 Å². The smallest absolute Gasteiger partial charge is 0.508 e. The molecule has 0 saturated heterocycles. The lowest BCUT2D eigenvalue weighted by molar-refractivity contribution is -0.135. The number of hydrogen-bond acceptors (Lipinski definition) is 15. The Balaban J connectivity index is 0.000000231. The van der Waals surface area contributed by atoms with Gasteiger partial charge >= 0.3 is 39.6 Å². The zero-order valence-corrected chi connectivity index (χ0v) is 65.1. The number of ether oxygens (including phenoxy) is 4. The van der Waals surface area contributed by atoms with E-state index in [4.69, 9.17) is 4.74 Å². The number of carbonyl (C=O) groups excluding carboxylic acids is 4. The van der Waals surface area contributed by atoms with Crippen molar-refractivity contribution in [3.05, 3.63) is 209 Å². The molecule has 0 aromatic heterocycles. The summed E-state index contributed by atoms with van der Waals surface area (Å²) >= 11 is 0. The fourth-order valence-corrected chi connectivity index (χ4v) is 14.3. The third kappa shape index (κ3) is 21.7. The fraction of sp³-hybridized carbons (Fsp3) is 0.432. The molecule has 6 unspecified atom stereocenters. The van der Waals surface area contributed by atoms with Crippen LogP contribution in [0.25, 0.3) is 18.2 Å². The summed E-state index contributed by atoms with van der Waals surface area (Å²) in [4.78, 5) is 51.6. The van der Waals surface area contributed by atoms with E-state index >= 15 is 26.3 Å². The number of anilines is 1. The Kier molecular flexibility index (Phi) is 27.7. The van der Waals surface area contributed by atoms with E-state index < -0.39 is 133 Å². The number of rotatable bonds is 18. The van der Waals surface area contributed by atoms with Gasteiger partial charge in [0.15, 0.2) is 0 Å². The van der Waals surface area contributed by atoms with Gasteiger partial charge in [0.25, 0.3) is 0 Å². The van der Waals surface area contributed by atoms with Crippen molar-refractivity contribution >= 4 is 58.0 Å². The van der Waals surface area contributed by atoms with Gasteiger partial charge in [-0.2, -0.15) is 21.6 Å². The van der Waals surface area contributed by atoms with E-state index in [1.165, 1.54) is 87.0 Å². The van der Waals surface area contributed by atoms with Gasteiger partial charge in [-0.05, 0) is 263 Å². The van der Waals surface area contributed by atoms with Crippen molar-refractivity contribution in [1.82, 2.24) is 14.7 Å². The number of fused-ring (bicyclic) bond motifs is 3. The van der Waals surface area contributed by atoms with E-state index in [9.17, 15) is 59.0 Å². The molecule has 9 rings (SSSR count). The maximum atomic E-state index is 15.7. The molecule has 0 spiro atoms. The molecule has 598 valence electrons. The van der Waals surface area contributed by atoms with E-state index in [2.05, 4.69) is 23.7 Å². The summed E-state index contributed by atoms with van der Waals surface area (Å²) in [7, 11) is -2.42. The number of nitrogens with one attached hydrogen (secondary N) is 1. The second-order valence-electron chi connectivity index (χ2n) is 30.3. The van der Waals surface area contributed by atoms with Crippen molar-refractivity contribution in [3.8, 4) is 11.5 Å². The average Bonchev–Trinajstić information content (AvgIpc) is 0.754. The Bertz CT molecular complexity index is 4580. The minimum absolute atomic E-state index is 0.0119. The Morgan fingerprint density at radius 2 is 0.782 bits per heavy atom. The molecule has 3 aliphatic rings. The van der Waals surface area contributed by atoms with Gasteiger partial charge < -0.3 is 28.2 Å². The summed E-state index contributed by atoms with van der Waals surface area (Å²) in [6.07, 6.45) is 7.32. The number of methoxy groups -OCH3 is 3. The maximum Gasteiger partial charge on any atom is 0.534 e. The molecular weight excluding hydrogens is 1480 g/mol. The van der Waals surface area contributed by atoms with Crippen LogP contribution in [0.15, 0.2) is 91.0 Å². The average molecular weight is 1570 g/mol. The second-order valence-corrected chi connectivity index (χ2v) is 31.8. The van der Waals surface area contributed by atoms with Crippen LogP contribution in [0.4, 0.5) is 63.2 Å². The quantitative estimate of drug-likeness (QED) is 0.0206. The van der Waals surface area contributed by atoms with Crippen LogP contribution in [0.2, 0.25) is 0 Å². The van der Waals surface area contributed by atoms with E-state index in [0.29, 0.717) is 40.8 Å². The predicted molar refractivity (Wildman–Crippen MR) is 394 cm³/mol. The van der Waals surface area contributed by atoms with Crippen molar-refractivity contribution in [3.63, 3.8) is 0 Å². The van der Waals surface area contributed by atoms with Gasteiger partial charge in [-0.3, -0.25) is 20.0 Å². The molecule has 0 bridgehead atoms. The molecule has 1 amide bonds. The summed E-state index contributed by atoms with van der Waals surface area (Å²) in [6.45, 7) is 23.6. The number of amides is 1. The Hall–Kier alpha value is -9.19. The number of alkyl halides is 6. The van der Waals surface area contributed by atoms with Crippen LogP contribution in [0.1, 0.15) is 185 Å². The lowest BCUT2D eigenvalue weighted by atomic mass is 9.81. The van der Waals surface area contributed by atoms with Crippen LogP contribution < -0.4 is 9.50 Å². The second kappa shape index (κ2) is 34.6. The van der Waals surface area contributed by atoms with Crippen LogP contribution >= 0.6 is 0 Å². The molecule has 0 saturated carbocycles. The first-order valence-corrected chi connectivity index (χ1v) is 36.4. The van der Waals surface area contributed by atoms with E-state index in [1.54, 1.807) is 67.5 Å².